The van der Waals surface area contributed by atoms with Gasteiger partial charge in [-0.2, -0.15) is 0 Å². The summed E-state index contributed by atoms with van der Waals surface area (Å²) in [7, 11) is 0. The van der Waals surface area contributed by atoms with Gasteiger partial charge in [-0.15, -0.1) is 0 Å². The van der Waals surface area contributed by atoms with Crippen molar-refractivity contribution in [2.45, 2.75) is 20.8 Å². The van der Waals surface area contributed by atoms with Gasteiger partial charge < -0.3 is 0 Å². The van der Waals surface area contributed by atoms with E-state index in [2.05, 4.69) is 154 Å². The lowest BCUT2D eigenvalue weighted by atomic mass is 9.33. The molecule has 2 aromatic heterocycles. The van der Waals surface area contributed by atoms with Gasteiger partial charge in [0.05, 0.1) is 11.4 Å². The van der Waals surface area contributed by atoms with Crippen LogP contribution in [0.15, 0.2) is 194 Å². The molecule has 12 rings (SSSR count). The van der Waals surface area contributed by atoms with Crippen LogP contribution in [0.2, 0.25) is 0 Å². The van der Waals surface area contributed by atoms with Gasteiger partial charge in [-0.05, 0) is 99.6 Å². The third-order valence-corrected chi connectivity index (χ3v) is 13.2. The highest BCUT2D eigenvalue weighted by Crippen LogP contribution is 2.43. The fourth-order valence-electron chi connectivity index (χ4n) is 10.4. The molecule has 0 N–H and O–H groups in total. The number of benzene rings is 9. The zero-order valence-corrected chi connectivity index (χ0v) is 35.8. The predicted octanol–water partition coefficient (Wildman–Crippen LogP) is 12.5. The summed E-state index contributed by atoms with van der Waals surface area (Å²) in [6.07, 6.45) is 3.70. The number of aryl methyl sites for hydroxylation is 3. The minimum absolute atomic E-state index is 0.0713. The molecule has 0 spiro atoms. The summed E-state index contributed by atoms with van der Waals surface area (Å²) in [5.74, 6) is 1.43. The minimum Gasteiger partial charge on any atom is -0.237 e. The quantitative estimate of drug-likeness (QED) is 0.119. The lowest BCUT2D eigenvalue weighted by molar-refractivity contribution is 1.18. The van der Waals surface area contributed by atoms with Crippen LogP contribution in [-0.2, 0) is 0 Å². The predicted molar refractivity (Wildman–Crippen MR) is 268 cm³/mol. The second-order valence-electron chi connectivity index (χ2n) is 17.1. The molecule has 0 amide bonds. The van der Waals surface area contributed by atoms with E-state index in [1.165, 1.54) is 76.5 Å². The molecule has 64 heavy (non-hydrogen) atoms. The molecule has 0 fully saturated rings. The van der Waals surface area contributed by atoms with Crippen LogP contribution in [0.25, 0.3) is 99.9 Å². The van der Waals surface area contributed by atoms with Gasteiger partial charge in [0, 0.05) is 34.6 Å². The Kier molecular flexibility index (Phi) is 8.91. The molecular weight excluding hydrogens is 775 g/mol. The molecule has 1 aliphatic rings. The fourth-order valence-corrected chi connectivity index (χ4v) is 10.4. The van der Waals surface area contributed by atoms with Gasteiger partial charge in [0.1, 0.15) is 0 Å². The van der Waals surface area contributed by atoms with E-state index in [1.807, 2.05) is 60.9 Å². The average Bonchev–Trinajstić information content (AvgIpc) is 3.35. The van der Waals surface area contributed by atoms with Crippen molar-refractivity contribution in [2.75, 3.05) is 0 Å². The summed E-state index contributed by atoms with van der Waals surface area (Å²) in [5.41, 5.74) is 18.7. The first-order valence-electron chi connectivity index (χ1n) is 22.0. The van der Waals surface area contributed by atoms with Gasteiger partial charge in [0.25, 0.3) is 0 Å². The fraction of sp³-hybridized carbons (Fsp3) is 0.0508. The van der Waals surface area contributed by atoms with Crippen LogP contribution in [0.1, 0.15) is 16.7 Å². The standard InChI is InChI=1S/C59H41BN4/c1-36-32-37(2)57(38(3)33-36)60-50-18-10-16-46-48(39-20-24-43(25-21-39)58-61-30-28-52(63-58)41-12-6-4-7-13-41)34-45-35-49(47-17-11-19-51(60)56(47)54(45)55(46)50)40-22-26-44(27-23-40)59-62-31-29-53(64-59)42-14-8-5-9-15-42/h4-35H,1-3H3. The normalized spacial score (nSPS) is 12.0. The maximum atomic E-state index is 4.97. The summed E-state index contributed by atoms with van der Waals surface area (Å²) in [6, 6.07) is 65.6. The van der Waals surface area contributed by atoms with Gasteiger partial charge in [-0.25, -0.2) is 19.9 Å². The van der Waals surface area contributed by atoms with Gasteiger partial charge in [-0.3, -0.25) is 0 Å². The summed E-state index contributed by atoms with van der Waals surface area (Å²) in [5, 5.41) is 7.75. The highest BCUT2D eigenvalue weighted by molar-refractivity contribution is 7.00. The minimum atomic E-state index is 0.0713. The third-order valence-electron chi connectivity index (χ3n) is 13.2. The molecular formula is C59H41BN4. The molecule has 0 atom stereocenters. The van der Waals surface area contributed by atoms with Crippen LogP contribution in [-0.4, -0.2) is 26.6 Å². The second-order valence-corrected chi connectivity index (χ2v) is 17.1. The van der Waals surface area contributed by atoms with Crippen molar-refractivity contribution in [1.82, 2.24) is 19.9 Å². The Hall–Kier alpha value is -8.02. The molecule has 5 heteroatoms. The Morgan fingerprint density at radius 3 is 1.27 bits per heavy atom. The van der Waals surface area contributed by atoms with Crippen molar-refractivity contribution in [1.29, 1.82) is 0 Å². The summed E-state index contributed by atoms with van der Waals surface area (Å²) < 4.78 is 0. The van der Waals surface area contributed by atoms with Crippen LogP contribution in [0.5, 0.6) is 0 Å². The molecule has 1 aliphatic heterocycles. The topological polar surface area (TPSA) is 51.6 Å². The molecule has 0 radical (unpaired) electrons. The maximum absolute atomic E-state index is 4.97. The van der Waals surface area contributed by atoms with E-state index in [1.54, 1.807) is 0 Å². The Morgan fingerprint density at radius 1 is 0.375 bits per heavy atom. The molecule has 3 heterocycles. The van der Waals surface area contributed by atoms with Gasteiger partial charge >= 0.3 is 0 Å². The number of aromatic nitrogens is 4. The van der Waals surface area contributed by atoms with Crippen molar-refractivity contribution in [2.24, 2.45) is 0 Å². The van der Waals surface area contributed by atoms with E-state index in [0.29, 0.717) is 11.6 Å². The van der Waals surface area contributed by atoms with E-state index >= 15 is 0 Å². The van der Waals surface area contributed by atoms with E-state index < -0.39 is 0 Å². The molecule has 11 aromatic rings. The molecule has 0 bridgehead atoms. The van der Waals surface area contributed by atoms with E-state index in [9.17, 15) is 0 Å². The molecule has 0 saturated carbocycles. The number of nitrogens with zero attached hydrogens (tertiary/aromatic N) is 4. The second kappa shape index (κ2) is 15.1. The first kappa shape index (κ1) is 37.7. The van der Waals surface area contributed by atoms with Crippen molar-refractivity contribution < 1.29 is 0 Å². The van der Waals surface area contributed by atoms with Crippen molar-refractivity contribution in [3.63, 3.8) is 0 Å². The SMILES string of the molecule is Cc1cc(C)c(B2c3cccc4c(-c5ccc(-c6nccc(-c7ccccc7)n6)cc5)cc5cc(-c6ccc(-c7nccc(-c8ccccc8)n7)cc6)c6cccc2c6c5c34)c(C)c1. The zero-order valence-electron chi connectivity index (χ0n) is 35.8. The van der Waals surface area contributed by atoms with E-state index in [0.717, 1.165) is 44.8 Å². The van der Waals surface area contributed by atoms with Crippen molar-refractivity contribution >= 4 is 55.4 Å². The van der Waals surface area contributed by atoms with E-state index in [-0.39, 0.29) is 6.71 Å². The number of rotatable bonds is 7. The molecule has 300 valence electrons. The summed E-state index contributed by atoms with van der Waals surface area (Å²) in [6.45, 7) is 6.85. The molecule has 4 nitrogen and oxygen atoms in total. The van der Waals surface area contributed by atoms with Gasteiger partial charge in [0.2, 0.25) is 6.71 Å². The van der Waals surface area contributed by atoms with Gasteiger partial charge in [-0.1, -0.05) is 191 Å². The van der Waals surface area contributed by atoms with Crippen molar-refractivity contribution in [3.8, 4) is 67.5 Å². The smallest absolute Gasteiger partial charge is 0.237 e. The Labute approximate surface area is 373 Å². The van der Waals surface area contributed by atoms with Crippen molar-refractivity contribution in [3.05, 3.63) is 211 Å². The first-order chi connectivity index (χ1) is 31.5. The maximum Gasteiger partial charge on any atom is 0.243 e. The largest absolute Gasteiger partial charge is 0.243 e. The highest BCUT2D eigenvalue weighted by atomic mass is 14.9. The van der Waals surface area contributed by atoms with Crippen LogP contribution in [0, 0.1) is 20.8 Å². The monoisotopic (exact) mass is 816 g/mol. The Morgan fingerprint density at radius 2 is 0.812 bits per heavy atom. The van der Waals surface area contributed by atoms with Crippen LogP contribution >= 0.6 is 0 Å². The lowest BCUT2D eigenvalue weighted by Crippen LogP contribution is -2.55. The van der Waals surface area contributed by atoms with Crippen LogP contribution in [0.4, 0.5) is 0 Å². The molecule has 0 saturated heterocycles. The number of hydrogen-bond donors (Lipinski definition) is 0. The molecule has 0 aliphatic carbocycles. The van der Waals surface area contributed by atoms with Crippen LogP contribution < -0.4 is 16.4 Å². The summed E-state index contributed by atoms with van der Waals surface area (Å²) >= 11 is 0. The Balaban J connectivity index is 1.05. The van der Waals surface area contributed by atoms with Gasteiger partial charge in [0.15, 0.2) is 11.6 Å². The molecule has 0 unspecified atom stereocenters. The number of hydrogen-bond acceptors (Lipinski definition) is 4. The first-order valence-corrected chi connectivity index (χ1v) is 22.0. The van der Waals surface area contributed by atoms with Crippen LogP contribution in [0.3, 0.4) is 0 Å². The third kappa shape index (κ3) is 6.23. The lowest BCUT2D eigenvalue weighted by Gasteiger charge is -2.30. The Bertz CT molecular complexity index is 3390. The average molecular weight is 817 g/mol. The highest BCUT2D eigenvalue weighted by Gasteiger charge is 2.34. The van der Waals surface area contributed by atoms with E-state index in [4.69, 9.17) is 19.9 Å². The zero-order chi connectivity index (χ0) is 42.9. The summed E-state index contributed by atoms with van der Waals surface area (Å²) in [4.78, 5) is 19.3. The molecule has 9 aromatic carbocycles.